The number of aromatic nitrogens is 2. The molecule has 1 atom stereocenters. The van der Waals surface area contributed by atoms with Gasteiger partial charge in [-0.25, -0.2) is 0 Å². The molecule has 0 amide bonds. The molecule has 0 aromatic carbocycles. The second-order valence-electron chi connectivity index (χ2n) is 7.00. The van der Waals surface area contributed by atoms with Gasteiger partial charge in [0.1, 0.15) is 0 Å². The molecule has 1 aromatic rings. The normalized spacial score (nSPS) is 14.2. The van der Waals surface area contributed by atoms with Gasteiger partial charge < -0.3 is 9.16 Å². The van der Waals surface area contributed by atoms with E-state index >= 15 is 0 Å². The van der Waals surface area contributed by atoms with Gasteiger partial charge in [0, 0.05) is 4.43 Å². The molecular formula is C15H28I2N2O2Si. The molecule has 22 heavy (non-hydrogen) atoms. The van der Waals surface area contributed by atoms with Crippen molar-refractivity contribution in [3.8, 4) is 5.88 Å². The summed E-state index contributed by atoms with van der Waals surface area (Å²) in [5, 5.41) is 4.88. The van der Waals surface area contributed by atoms with Crippen LogP contribution in [-0.2, 0) is 8.85 Å². The molecule has 0 fully saturated rings. The molecule has 0 aliphatic rings. The quantitative estimate of drug-likeness (QED) is 0.259. The van der Waals surface area contributed by atoms with Crippen LogP contribution in [0.4, 0.5) is 0 Å². The number of rotatable bonds is 7. The molecule has 4 nitrogen and oxygen atoms in total. The third-order valence-electron chi connectivity index (χ3n) is 4.23. The lowest BCUT2D eigenvalue weighted by atomic mass is 10.2. The Morgan fingerprint density at radius 3 is 2.36 bits per heavy atom. The molecule has 0 aliphatic heterocycles. The minimum atomic E-state index is -1.73. The van der Waals surface area contributed by atoms with Crippen LogP contribution in [0.15, 0.2) is 0 Å². The third kappa shape index (κ3) is 4.82. The SMILES string of the molecule is CCOc1nn([C@@H](C)CO[Si](C)(C)C(C)(C)C)c(CI)c1I. The fraction of sp³-hybridized carbons (Fsp3) is 0.800. The molecule has 1 heterocycles. The van der Waals surface area contributed by atoms with Gasteiger partial charge in [0.05, 0.1) is 28.5 Å². The van der Waals surface area contributed by atoms with Crippen molar-refractivity contribution in [2.75, 3.05) is 13.2 Å². The molecule has 0 aliphatic carbocycles. The molecule has 1 aromatic heterocycles. The van der Waals surface area contributed by atoms with E-state index in [9.17, 15) is 0 Å². The van der Waals surface area contributed by atoms with Crippen LogP contribution >= 0.6 is 45.2 Å². The van der Waals surface area contributed by atoms with E-state index < -0.39 is 8.32 Å². The standard InChI is InChI=1S/C15H28I2N2O2Si/c1-8-20-14-13(17)12(9-16)19(18-14)11(2)10-21-22(6,7)15(3,4)5/h11H,8-10H2,1-7H3/t11-/m0/s1. The molecule has 128 valence electrons. The van der Waals surface area contributed by atoms with E-state index in [0.717, 1.165) is 13.9 Å². The van der Waals surface area contributed by atoms with Crippen molar-refractivity contribution < 1.29 is 9.16 Å². The van der Waals surface area contributed by atoms with E-state index in [4.69, 9.17) is 9.16 Å². The highest BCUT2D eigenvalue weighted by Gasteiger charge is 2.37. The van der Waals surface area contributed by atoms with E-state index in [0.29, 0.717) is 13.2 Å². The predicted octanol–water partition coefficient (Wildman–Crippen LogP) is 5.40. The first-order valence-corrected chi connectivity index (χ1v) is 13.2. The van der Waals surface area contributed by atoms with Crippen molar-refractivity contribution in [3.05, 3.63) is 9.26 Å². The highest BCUT2D eigenvalue weighted by atomic mass is 127. The largest absolute Gasteiger partial charge is 0.476 e. The fourth-order valence-electron chi connectivity index (χ4n) is 1.76. The van der Waals surface area contributed by atoms with Gasteiger partial charge >= 0.3 is 0 Å². The maximum Gasteiger partial charge on any atom is 0.246 e. The highest BCUT2D eigenvalue weighted by molar-refractivity contribution is 14.1. The monoisotopic (exact) mass is 550 g/mol. The molecule has 7 heteroatoms. The summed E-state index contributed by atoms with van der Waals surface area (Å²) in [6, 6.07) is 0.210. The van der Waals surface area contributed by atoms with Crippen LogP contribution in [0.25, 0.3) is 0 Å². The van der Waals surface area contributed by atoms with Gasteiger partial charge in [0.2, 0.25) is 5.88 Å². The van der Waals surface area contributed by atoms with Crippen molar-refractivity contribution >= 4 is 53.5 Å². The lowest BCUT2D eigenvalue weighted by molar-refractivity contribution is 0.225. The van der Waals surface area contributed by atoms with Crippen LogP contribution in [0, 0.1) is 3.57 Å². The minimum absolute atomic E-state index is 0.210. The van der Waals surface area contributed by atoms with E-state index in [1.165, 1.54) is 5.69 Å². The summed E-state index contributed by atoms with van der Waals surface area (Å²) in [4.78, 5) is 0. The summed E-state index contributed by atoms with van der Waals surface area (Å²) in [7, 11) is -1.73. The Morgan fingerprint density at radius 2 is 1.91 bits per heavy atom. The molecular weight excluding hydrogens is 522 g/mol. The van der Waals surface area contributed by atoms with Crippen LogP contribution in [0.3, 0.4) is 0 Å². The van der Waals surface area contributed by atoms with E-state index in [1.807, 2.05) is 6.92 Å². The number of hydrogen-bond acceptors (Lipinski definition) is 3. The van der Waals surface area contributed by atoms with Gasteiger partial charge in [-0.1, -0.05) is 43.4 Å². The molecule has 0 saturated heterocycles. The summed E-state index contributed by atoms with van der Waals surface area (Å²) in [6.45, 7) is 16.9. The van der Waals surface area contributed by atoms with Crippen LogP contribution in [0.2, 0.25) is 18.1 Å². The smallest absolute Gasteiger partial charge is 0.246 e. The molecule has 0 spiro atoms. The Bertz CT molecular complexity index is 498. The van der Waals surface area contributed by atoms with Crippen molar-refractivity contribution in [3.63, 3.8) is 0 Å². The Hall–Kier alpha value is 0.647. The first-order chi connectivity index (χ1) is 10.0. The van der Waals surface area contributed by atoms with E-state index in [1.54, 1.807) is 0 Å². The Labute approximate surface area is 163 Å². The van der Waals surface area contributed by atoms with Crippen molar-refractivity contribution in [1.29, 1.82) is 0 Å². The predicted molar refractivity (Wildman–Crippen MR) is 112 cm³/mol. The first kappa shape index (κ1) is 20.7. The summed E-state index contributed by atoms with van der Waals surface area (Å²) in [5.41, 5.74) is 1.22. The molecule has 0 radical (unpaired) electrons. The zero-order valence-corrected chi connectivity index (χ0v) is 20.0. The van der Waals surface area contributed by atoms with Gasteiger partial charge in [-0.2, -0.15) is 0 Å². The topological polar surface area (TPSA) is 36.3 Å². The first-order valence-electron chi connectivity index (χ1n) is 7.64. The zero-order valence-electron chi connectivity index (χ0n) is 14.7. The summed E-state index contributed by atoms with van der Waals surface area (Å²) >= 11 is 4.71. The van der Waals surface area contributed by atoms with Gasteiger partial charge in [-0.15, -0.1) is 5.10 Å². The molecule has 0 bridgehead atoms. The molecule has 0 saturated carbocycles. The van der Waals surface area contributed by atoms with Crippen molar-refractivity contribution in [2.45, 2.75) is 63.2 Å². The average Bonchev–Trinajstić information content (AvgIpc) is 2.72. The maximum absolute atomic E-state index is 6.35. The number of halogens is 2. The Balaban J connectivity index is 2.90. The van der Waals surface area contributed by atoms with E-state index in [-0.39, 0.29) is 11.1 Å². The van der Waals surface area contributed by atoms with Crippen molar-refractivity contribution in [1.82, 2.24) is 9.78 Å². The summed E-state index contributed by atoms with van der Waals surface area (Å²) in [6.07, 6.45) is 0. The van der Waals surface area contributed by atoms with Gasteiger partial charge in [-0.05, 0) is 54.6 Å². The average molecular weight is 550 g/mol. The van der Waals surface area contributed by atoms with Crippen molar-refractivity contribution in [2.24, 2.45) is 0 Å². The zero-order chi connectivity index (χ0) is 17.1. The Morgan fingerprint density at radius 1 is 1.32 bits per heavy atom. The molecule has 1 rings (SSSR count). The number of hydrogen-bond donors (Lipinski definition) is 0. The summed E-state index contributed by atoms with van der Waals surface area (Å²) in [5.74, 6) is 0.744. The fourth-order valence-corrected chi connectivity index (χ4v) is 5.01. The number of alkyl halides is 1. The highest BCUT2D eigenvalue weighted by Crippen LogP contribution is 2.37. The molecule has 0 N–H and O–H groups in total. The van der Waals surface area contributed by atoms with Crippen LogP contribution in [0.1, 0.15) is 46.4 Å². The van der Waals surface area contributed by atoms with Crippen LogP contribution in [0.5, 0.6) is 5.88 Å². The third-order valence-corrected chi connectivity index (χ3v) is 10.5. The maximum atomic E-state index is 6.35. The number of ether oxygens (including phenoxy) is 1. The Kier molecular flexibility index (Phi) is 7.67. The second kappa shape index (κ2) is 8.15. The lowest BCUT2D eigenvalue weighted by Gasteiger charge is -2.37. The summed E-state index contributed by atoms with van der Waals surface area (Å²) < 4.78 is 16.1. The molecule has 0 unspecified atom stereocenters. The van der Waals surface area contributed by atoms with Gasteiger partial charge in [-0.3, -0.25) is 4.68 Å². The van der Waals surface area contributed by atoms with Gasteiger partial charge in [0.25, 0.3) is 0 Å². The van der Waals surface area contributed by atoms with Crippen LogP contribution in [-0.4, -0.2) is 31.3 Å². The van der Waals surface area contributed by atoms with E-state index in [2.05, 4.69) is 95.8 Å². The second-order valence-corrected chi connectivity index (χ2v) is 13.6. The lowest BCUT2D eigenvalue weighted by Crippen LogP contribution is -2.42. The van der Waals surface area contributed by atoms with Gasteiger partial charge in [0.15, 0.2) is 8.32 Å². The minimum Gasteiger partial charge on any atom is -0.476 e. The number of nitrogens with zero attached hydrogens (tertiary/aromatic N) is 2. The van der Waals surface area contributed by atoms with Crippen LogP contribution < -0.4 is 4.74 Å².